The van der Waals surface area contributed by atoms with Crippen molar-refractivity contribution in [2.45, 2.75) is 44.2 Å². The van der Waals surface area contributed by atoms with Crippen LogP contribution >= 0.6 is 0 Å². The Labute approximate surface area is 198 Å². The van der Waals surface area contributed by atoms with Crippen molar-refractivity contribution >= 4 is 29.3 Å². The molecule has 1 amide bonds. The maximum absolute atomic E-state index is 12.7. The van der Waals surface area contributed by atoms with Gasteiger partial charge in [-0.05, 0) is 73.1 Å². The van der Waals surface area contributed by atoms with Crippen LogP contribution in [0.4, 0.5) is 30.6 Å². The number of carbonyl (C=O) groups excluding carboxylic acids is 1. The first-order valence-electron chi connectivity index (χ1n) is 11.1. The molecule has 0 saturated heterocycles. The van der Waals surface area contributed by atoms with Gasteiger partial charge in [-0.2, -0.15) is 13.2 Å². The number of aliphatic carboxylic acids is 1. The van der Waals surface area contributed by atoms with Gasteiger partial charge >= 0.3 is 30.0 Å². The second kappa shape index (κ2) is 10.2. The van der Waals surface area contributed by atoms with Gasteiger partial charge in [0.15, 0.2) is 0 Å². The molecule has 2 unspecified atom stereocenters. The number of carbonyl (C=O) groups is 2. The number of alkyl halides is 3. The molecule has 184 valence electrons. The molecule has 1 aliphatic carbocycles. The Morgan fingerprint density at radius 3 is 2.34 bits per heavy atom. The average Bonchev–Trinajstić information content (AvgIpc) is 3.28. The Kier molecular flexibility index (Phi) is 7.04. The van der Waals surface area contributed by atoms with E-state index in [9.17, 15) is 22.8 Å². The first-order valence-corrected chi connectivity index (χ1v) is 11.1. The molecule has 0 spiro atoms. The van der Waals surface area contributed by atoms with Crippen LogP contribution in [0, 0.1) is 5.92 Å². The lowest BCUT2D eigenvalue weighted by Crippen LogP contribution is -2.17. The molecule has 1 heterocycles. The average molecular weight is 488 g/mol. The Morgan fingerprint density at radius 2 is 1.69 bits per heavy atom. The summed E-state index contributed by atoms with van der Waals surface area (Å²) in [6.45, 7) is 0. The van der Waals surface area contributed by atoms with Crippen molar-refractivity contribution in [1.82, 2.24) is 10.2 Å². The lowest BCUT2D eigenvalue weighted by molar-refractivity contribution is -0.139. The fourth-order valence-corrected chi connectivity index (χ4v) is 4.28. The zero-order valence-corrected chi connectivity index (χ0v) is 18.5. The lowest BCUT2D eigenvalue weighted by Gasteiger charge is -2.28. The molecule has 1 aromatic heterocycles. The fraction of sp³-hybridized carbons (Fsp3) is 0.333. The highest BCUT2D eigenvalue weighted by molar-refractivity contribution is 6.00. The van der Waals surface area contributed by atoms with Gasteiger partial charge in [0, 0.05) is 17.8 Å². The van der Waals surface area contributed by atoms with Gasteiger partial charge in [-0.3, -0.25) is 9.59 Å². The van der Waals surface area contributed by atoms with Crippen LogP contribution in [0.15, 0.2) is 52.9 Å². The number of hydrogen-bond acceptors (Lipinski definition) is 6. The van der Waals surface area contributed by atoms with Gasteiger partial charge < -0.3 is 20.2 Å². The summed E-state index contributed by atoms with van der Waals surface area (Å²) < 4.78 is 43.3. The summed E-state index contributed by atoms with van der Waals surface area (Å²) in [7, 11) is 0. The van der Waals surface area contributed by atoms with E-state index in [1.165, 1.54) is 12.1 Å². The standard InChI is InChI=1S/C24H23F3N4O4/c25-24(26,27)17-6-10-19(11-7-17)29-23-31-30-22(35-23)21(34)28-18-8-4-15(5-9-18)16-3-1-2-14(12-16)13-20(32)33/h4-11,14,16H,1-3,12-13H2,(H,28,34)(H,29,31)(H,32,33). The van der Waals surface area contributed by atoms with Crippen molar-refractivity contribution in [1.29, 1.82) is 0 Å². The number of hydrogen-bond donors (Lipinski definition) is 3. The van der Waals surface area contributed by atoms with E-state index in [1.807, 2.05) is 12.1 Å². The van der Waals surface area contributed by atoms with Crippen molar-refractivity contribution in [2.24, 2.45) is 5.92 Å². The molecule has 2 atom stereocenters. The van der Waals surface area contributed by atoms with Gasteiger partial charge in [0.1, 0.15) is 0 Å². The van der Waals surface area contributed by atoms with E-state index in [2.05, 4.69) is 20.8 Å². The molecule has 0 radical (unpaired) electrons. The van der Waals surface area contributed by atoms with Gasteiger partial charge in [0.05, 0.1) is 5.56 Å². The Morgan fingerprint density at radius 1 is 1.00 bits per heavy atom. The molecule has 1 saturated carbocycles. The van der Waals surface area contributed by atoms with Crippen molar-refractivity contribution < 1.29 is 32.3 Å². The molecule has 2 aromatic carbocycles. The summed E-state index contributed by atoms with van der Waals surface area (Å²) in [5.74, 6) is -1.26. The number of nitrogens with zero attached hydrogens (tertiary/aromatic N) is 2. The molecule has 11 heteroatoms. The Bertz CT molecular complexity index is 1180. The minimum absolute atomic E-state index is 0.140. The first kappa shape index (κ1) is 24.2. The van der Waals surface area contributed by atoms with Crippen molar-refractivity contribution in [3.05, 3.63) is 65.5 Å². The minimum atomic E-state index is -4.44. The van der Waals surface area contributed by atoms with Crippen LogP contribution in [-0.4, -0.2) is 27.2 Å². The highest BCUT2D eigenvalue weighted by atomic mass is 19.4. The largest absolute Gasteiger partial charge is 0.481 e. The number of aromatic nitrogens is 2. The van der Waals surface area contributed by atoms with E-state index >= 15 is 0 Å². The van der Waals surface area contributed by atoms with Crippen LogP contribution in [0.1, 0.15) is 59.8 Å². The molecule has 4 rings (SSSR count). The quantitative estimate of drug-likeness (QED) is 0.383. The van der Waals surface area contributed by atoms with Crippen molar-refractivity contribution in [3.63, 3.8) is 0 Å². The Balaban J connectivity index is 1.33. The van der Waals surface area contributed by atoms with Crippen LogP contribution in [0.25, 0.3) is 0 Å². The van der Waals surface area contributed by atoms with Crippen molar-refractivity contribution in [2.75, 3.05) is 10.6 Å². The highest BCUT2D eigenvalue weighted by Crippen LogP contribution is 2.38. The van der Waals surface area contributed by atoms with Gasteiger partial charge in [-0.25, -0.2) is 0 Å². The fourth-order valence-electron chi connectivity index (χ4n) is 4.28. The molecular weight excluding hydrogens is 465 g/mol. The maximum atomic E-state index is 12.7. The second-order valence-corrected chi connectivity index (χ2v) is 8.52. The van der Waals surface area contributed by atoms with E-state index in [-0.39, 0.29) is 35.8 Å². The van der Waals surface area contributed by atoms with E-state index in [4.69, 9.17) is 9.52 Å². The van der Waals surface area contributed by atoms with E-state index < -0.39 is 23.6 Å². The van der Waals surface area contributed by atoms with Crippen LogP contribution in [0.3, 0.4) is 0 Å². The SMILES string of the molecule is O=C(O)CC1CCCC(c2ccc(NC(=O)c3nnc(Nc4ccc(C(F)(F)F)cc4)o3)cc2)C1. The smallest absolute Gasteiger partial charge is 0.416 e. The zero-order valence-electron chi connectivity index (χ0n) is 18.5. The van der Waals surface area contributed by atoms with Gasteiger partial charge in [0.25, 0.3) is 0 Å². The summed E-state index contributed by atoms with van der Waals surface area (Å²) in [4.78, 5) is 23.5. The molecule has 0 bridgehead atoms. The summed E-state index contributed by atoms with van der Waals surface area (Å²) in [6.07, 6.45) is -0.513. The molecule has 1 aliphatic rings. The number of anilines is 3. The van der Waals surface area contributed by atoms with E-state index in [1.54, 1.807) is 12.1 Å². The summed E-state index contributed by atoms with van der Waals surface area (Å²) in [5, 5.41) is 21.7. The van der Waals surface area contributed by atoms with Gasteiger partial charge in [-0.1, -0.05) is 23.7 Å². The molecule has 8 nitrogen and oxygen atoms in total. The maximum Gasteiger partial charge on any atom is 0.416 e. The molecule has 3 N–H and O–H groups in total. The first-order chi connectivity index (χ1) is 16.7. The second-order valence-electron chi connectivity index (χ2n) is 8.52. The molecule has 35 heavy (non-hydrogen) atoms. The third-order valence-corrected chi connectivity index (χ3v) is 5.97. The summed E-state index contributed by atoms with van der Waals surface area (Å²) in [6, 6.07) is 11.4. The monoisotopic (exact) mass is 488 g/mol. The van der Waals surface area contributed by atoms with Crippen LogP contribution in [0.5, 0.6) is 0 Å². The number of carboxylic acids is 1. The minimum Gasteiger partial charge on any atom is -0.481 e. The van der Waals surface area contributed by atoms with Crippen LogP contribution < -0.4 is 10.6 Å². The molecule has 0 aliphatic heterocycles. The number of carboxylic acid groups (broad SMARTS) is 1. The lowest BCUT2D eigenvalue weighted by atomic mass is 9.77. The third kappa shape index (κ3) is 6.37. The van der Waals surface area contributed by atoms with Crippen molar-refractivity contribution in [3.8, 4) is 0 Å². The third-order valence-electron chi connectivity index (χ3n) is 5.97. The Hall–Kier alpha value is -3.89. The topological polar surface area (TPSA) is 117 Å². The predicted molar refractivity (Wildman–Crippen MR) is 120 cm³/mol. The van der Waals surface area contributed by atoms with Gasteiger partial charge in [0.2, 0.25) is 0 Å². The zero-order chi connectivity index (χ0) is 25.0. The number of rotatable bonds is 7. The predicted octanol–water partition coefficient (Wildman–Crippen LogP) is 5.83. The van der Waals surface area contributed by atoms with Crippen LogP contribution in [0.2, 0.25) is 0 Å². The molecule has 1 fully saturated rings. The van der Waals surface area contributed by atoms with E-state index in [0.717, 1.165) is 43.4 Å². The molecular formula is C24H23F3N4O4. The van der Waals surface area contributed by atoms with Gasteiger partial charge in [-0.15, -0.1) is 5.10 Å². The highest BCUT2D eigenvalue weighted by Gasteiger charge is 2.30. The van der Waals surface area contributed by atoms with Crippen LogP contribution in [-0.2, 0) is 11.0 Å². The number of amides is 1. The number of benzene rings is 2. The number of nitrogens with one attached hydrogen (secondary N) is 2. The normalized spacial score (nSPS) is 18.1. The summed E-state index contributed by atoms with van der Waals surface area (Å²) in [5.41, 5.74) is 1.12. The summed E-state index contributed by atoms with van der Waals surface area (Å²) >= 11 is 0. The molecule has 3 aromatic rings. The number of halogens is 3. The van der Waals surface area contributed by atoms with E-state index in [0.29, 0.717) is 5.69 Å².